The SMILES string of the molecule is CC=C1Nc2cc(S(=O)(=O)Nc3ccccc3Cl)ccc2NC1=O. The summed E-state index contributed by atoms with van der Waals surface area (Å²) in [5.74, 6) is -0.269. The molecule has 3 rings (SSSR count). The van der Waals surface area contributed by atoms with Crippen molar-refractivity contribution >= 4 is 44.6 Å². The normalized spacial score (nSPS) is 15.4. The first kappa shape index (κ1) is 16.4. The summed E-state index contributed by atoms with van der Waals surface area (Å²) in [5, 5.41) is 5.91. The zero-order valence-corrected chi connectivity index (χ0v) is 14.2. The van der Waals surface area contributed by atoms with Gasteiger partial charge in [-0.3, -0.25) is 9.52 Å². The highest BCUT2D eigenvalue weighted by atomic mass is 35.5. The molecule has 0 radical (unpaired) electrons. The number of sulfonamides is 1. The van der Waals surface area contributed by atoms with Gasteiger partial charge in [-0.15, -0.1) is 0 Å². The number of carbonyl (C=O) groups is 1. The Kier molecular flexibility index (Phi) is 4.21. The monoisotopic (exact) mass is 363 g/mol. The highest BCUT2D eigenvalue weighted by Crippen LogP contribution is 2.31. The molecule has 0 saturated carbocycles. The van der Waals surface area contributed by atoms with Gasteiger partial charge in [0.05, 0.1) is 27.0 Å². The number of benzene rings is 2. The lowest BCUT2D eigenvalue weighted by molar-refractivity contribution is -0.112. The summed E-state index contributed by atoms with van der Waals surface area (Å²) in [6, 6.07) is 11.0. The maximum absolute atomic E-state index is 12.6. The van der Waals surface area contributed by atoms with Crippen LogP contribution in [0.15, 0.2) is 59.1 Å². The van der Waals surface area contributed by atoms with E-state index in [4.69, 9.17) is 11.6 Å². The molecule has 0 aromatic heterocycles. The summed E-state index contributed by atoms with van der Waals surface area (Å²) in [5.41, 5.74) is 1.68. The van der Waals surface area contributed by atoms with Crippen molar-refractivity contribution in [2.45, 2.75) is 11.8 Å². The largest absolute Gasteiger partial charge is 0.350 e. The molecule has 0 atom stereocenters. The Morgan fingerprint density at radius 2 is 1.83 bits per heavy atom. The van der Waals surface area contributed by atoms with Gasteiger partial charge in [0.1, 0.15) is 5.70 Å². The van der Waals surface area contributed by atoms with Gasteiger partial charge >= 0.3 is 0 Å². The van der Waals surface area contributed by atoms with Crippen molar-refractivity contribution in [3.63, 3.8) is 0 Å². The minimum Gasteiger partial charge on any atom is -0.350 e. The van der Waals surface area contributed by atoms with Crippen molar-refractivity contribution in [2.24, 2.45) is 0 Å². The van der Waals surface area contributed by atoms with Crippen LogP contribution in [0.4, 0.5) is 17.1 Å². The summed E-state index contributed by atoms with van der Waals surface area (Å²) in [6.45, 7) is 1.71. The van der Waals surface area contributed by atoms with Crippen LogP contribution >= 0.6 is 11.6 Å². The lowest BCUT2D eigenvalue weighted by Crippen LogP contribution is -2.25. The number of anilines is 3. The van der Waals surface area contributed by atoms with Gasteiger partial charge in [0, 0.05) is 0 Å². The van der Waals surface area contributed by atoms with E-state index < -0.39 is 10.0 Å². The van der Waals surface area contributed by atoms with Crippen molar-refractivity contribution in [2.75, 3.05) is 15.4 Å². The van der Waals surface area contributed by atoms with E-state index in [0.29, 0.717) is 27.8 Å². The molecule has 0 saturated heterocycles. The van der Waals surface area contributed by atoms with Gasteiger partial charge in [0.25, 0.3) is 15.9 Å². The molecule has 1 heterocycles. The van der Waals surface area contributed by atoms with Crippen LogP contribution in [0.2, 0.25) is 5.02 Å². The molecule has 8 heteroatoms. The maximum atomic E-state index is 12.6. The van der Waals surface area contributed by atoms with Crippen molar-refractivity contribution in [1.29, 1.82) is 0 Å². The highest BCUT2D eigenvalue weighted by Gasteiger charge is 2.22. The van der Waals surface area contributed by atoms with Crippen LogP contribution in [0.1, 0.15) is 6.92 Å². The van der Waals surface area contributed by atoms with Gasteiger partial charge < -0.3 is 10.6 Å². The van der Waals surface area contributed by atoms with E-state index in [-0.39, 0.29) is 10.8 Å². The Morgan fingerprint density at radius 3 is 2.54 bits per heavy atom. The Bertz CT molecular complexity index is 955. The van der Waals surface area contributed by atoms with Crippen LogP contribution in [0, 0.1) is 0 Å². The molecule has 0 bridgehead atoms. The summed E-state index contributed by atoms with van der Waals surface area (Å²) in [4.78, 5) is 11.8. The molecule has 6 nitrogen and oxygen atoms in total. The van der Waals surface area contributed by atoms with Crippen molar-refractivity contribution in [3.8, 4) is 0 Å². The molecular formula is C16H14ClN3O3S. The van der Waals surface area contributed by atoms with Crippen LogP contribution in [-0.2, 0) is 14.8 Å². The first-order chi connectivity index (χ1) is 11.4. The third-order valence-corrected chi connectivity index (χ3v) is 5.16. The zero-order valence-electron chi connectivity index (χ0n) is 12.6. The van der Waals surface area contributed by atoms with E-state index in [9.17, 15) is 13.2 Å². The minimum absolute atomic E-state index is 0.0558. The zero-order chi connectivity index (χ0) is 17.3. The molecular weight excluding hydrogens is 350 g/mol. The molecule has 1 aliphatic rings. The number of rotatable bonds is 3. The third kappa shape index (κ3) is 3.08. The predicted octanol–water partition coefficient (Wildman–Crippen LogP) is 3.41. The van der Waals surface area contributed by atoms with Crippen molar-refractivity contribution in [3.05, 3.63) is 59.3 Å². The molecule has 0 spiro atoms. The smallest absolute Gasteiger partial charge is 0.271 e. The number of para-hydroxylation sites is 1. The van der Waals surface area contributed by atoms with Gasteiger partial charge in [-0.25, -0.2) is 8.42 Å². The minimum atomic E-state index is -3.81. The molecule has 124 valence electrons. The Morgan fingerprint density at radius 1 is 1.08 bits per heavy atom. The number of amides is 1. The van der Waals surface area contributed by atoms with Gasteiger partial charge in [-0.1, -0.05) is 29.8 Å². The molecule has 0 unspecified atom stereocenters. The molecule has 2 aromatic carbocycles. The van der Waals surface area contributed by atoms with E-state index in [1.54, 1.807) is 37.3 Å². The van der Waals surface area contributed by atoms with Gasteiger partial charge in [0.15, 0.2) is 0 Å². The average Bonchev–Trinajstić information content (AvgIpc) is 2.55. The van der Waals surface area contributed by atoms with Crippen LogP contribution in [0.25, 0.3) is 0 Å². The Labute approximate surface area is 144 Å². The first-order valence-corrected chi connectivity index (χ1v) is 8.93. The second kappa shape index (κ2) is 6.18. The van der Waals surface area contributed by atoms with E-state index in [0.717, 1.165) is 0 Å². The van der Waals surface area contributed by atoms with Crippen LogP contribution in [0.5, 0.6) is 0 Å². The fourth-order valence-corrected chi connectivity index (χ4v) is 3.59. The molecule has 1 amide bonds. The van der Waals surface area contributed by atoms with E-state index in [1.807, 2.05) is 0 Å². The summed E-state index contributed by atoms with van der Waals surface area (Å²) < 4.78 is 27.6. The summed E-state index contributed by atoms with van der Waals surface area (Å²) >= 11 is 5.99. The number of nitrogens with one attached hydrogen (secondary N) is 3. The topological polar surface area (TPSA) is 87.3 Å². The first-order valence-electron chi connectivity index (χ1n) is 7.07. The Hall–Kier alpha value is -2.51. The van der Waals surface area contributed by atoms with Gasteiger partial charge in [-0.05, 0) is 37.3 Å². The third-order valence-electron chi connectivity index (χ3n) is 3.47. The lowest BCUT2D eigenvalue weighted by atomic mass is 10.2. The van der Waals surface area contributed by atoms with E-state index >= 15 is 0 Å². The Balaban J connectivity index is 1.96. The fraction of sp³-hybridized carbons (Fsp3) is 0.0625. The lowest BCUT2D eigenvalue weighted by Gasteiger charge is -2.21. The average molecular weight is 364 g/mol. The van der Waals surface area contributed by atoms with Gasteiger partial charge in [-0.2, -0.15) is 0 Å². The van der Waals surface area contributed by atoms with Crippen molar-refractivity contribution in [1.82, 2.24) is 0 Å². The number of hydrogen-bond acceptors (Lipinski definition) is 4. The van der Waals surface area contributed by atoms with Crippen molar-refractivity contribution < 1.29 is 13.2 Å². The molecule has 0 aliphatic carbocycles. The summed E-state index contributed by atoms with van der Waals surface area (Å²) in [7, 11) is -3.81. The quantitative estimate of drug-likeness (QED) is 0.729. The maximum Gasteiger partial charge on any atom is 0.271 e. The fourth-order valence-electron chi connectivity index (χ4n) is 2.25. The number of fused-ring (bicyclic) bond motifs is 1. The number of allylic oxidation sites excluding steroid dienone is 1. The second-order valence-electron chi connectivity index (χ2n) is 5.07. The molecule has 1 aliphatic heterocycles. The molecule has 3 N–H and O–H groups in total. The van der Waals surface area contributed by atoms with Gasteiger partial charge in [0.2, 0.25) is 0 Å². The van der Waals surface area contributed by atoms with Crippen LogP contribution in [-0.4, -0.2) is 14.3 Å². The van der Waals surface area contributed by atoms with Crippen LogP contribution < -0.4 is 15.4 Å². The number of carbonyl (C=O) groups excluding carboxylic acids is 1. The standard InChI is InChI=1S/C16H14ClN3O3S/c1-2-12-16(21)19-14-8-7-10(9-15(14)18-12)24(22,23)20-13-6-4-3-5-11(13)17/h2-9,18,20H,1H3,(H,19,21). The molecule has 24 heavy (non-hydrogen) atoms. The molecule has 2 aromatic rings. The number of halogens is 1. The predicted molar refractivity (Wildman–Crippen MR) is 94.7 cm³/mol. The number of hydrogen-bond donors (Lipinski definition) is 3. The van der Waals surface area contributed by atoms with Crippen LogP contribution in [0.3, 0.4) is 0 Å². The summed E-state index contributed by atoms with van der Waals surface area (Å²) in [6.07, 6.45) is 1.61. The van der Waals surface area contributed by atoms with E-state index in [2.05, 4.69) is 15.4 Å². The molecule has 0 fully saturated rings. The van der Waals surface area contributed by atoms with E-state index in [1.165, 1.54) is 18.2 Å². The second-order valence-corrected chi connectivity index (χ2v) is 7.16. The highest BCUT2D eigenvalue weighted by molar-refractivity contribution is 7.92.